The van der Waals surface area contributed by atoms with Gasteiger partial charge in [-0.2, -0.15) is 0 Å². The molecular weight excluding hydrogens is 626 g/mol. The molecule has 256 valence electrons. The van der Waals surface area contributed by atoms with Crippen LogP contribution >= 0.6 is 16.1 Å². The molecule has 0 radical (unpaired) electrons. The summed E-state index contributed by atoms with van der Waals surface area (Å²) in [6, 6.07) is 0.0141. The van der Waals surface area contributed by atoms with Gasteiger partial charge in [0.2, 0.25) is 6.54 Å². The molecule has 1 N–H and O–H groups in total. The van der Waals surface area contributed by atoms with Crippen LogP contribution in [0.5, 0.6) is 0 Å². The van der Waals surface area contributed by atoms with Crippen LogP contribution in [0.15, 0.2) is 27.7 Å². The average Bonchev–Trinajstić information content (AvgIpc) is 3.25. The maximum atomic E-state index is 13.7. The Hall–Kier alpha value is -1.75. The first-order chi connectivity index (χ1) is 21.1. The standard InChI is InChI=1S/C29H50N4O10P2/c1-19(2)33(20(3)4)44(39-14-13-30-10)41-25-24(12-17-45(36,42-21(5)6)43-22(7)8)40-28(26(25)38-16-15-37-11)32-18-23(9)27(34)31-29(32)35/h12,17-22,24-26,28H,13-16H2,1-9,11H3,(H,31,34,35)/b17-12+/t24-,25-,26-,28-,44?/m1/s1. The number of H-pyrrole nitrogens is 1. The van der Waals surface area contributed by atoms with Crippen molar-refractivity contribution >= 4 is 16.1 Å². The van der Waals surface area contributed by atoms with E-state index in [9.17, 15) is 14.2 Å². The highest BCUT2D eigenvalue weighted by atomic mass is 31.2. The van der Waals surface area contributed by atoms with Gasteiger partial charge in [-0.3, -0.25) is 18.9 Å². The lowest BCUT2D eigenvalue weighted by Gasteiger charge is -2.38. The number of aromatic amines is 1. The lowest BCUT2D eigenvalue weighted by molar-refractivity contribution is -0.0767. The Bertz CT molecular complexity index is 1270. The number of hydrogen-bond acceptors (Lipinski definition) is 11. The van der Waals surface area contributed by atoms with Crippen molar-refractivity contribution in [3.63, 3.8) is 0 Å². The van der Waals surface area contributed by atoms with Crippen LogP contribution in [0.2, 0.25) is 0 Å². The molecule has 1 fully saturated rings. The van der Waals surface area contributed by atoms with Crippen LogP contribution in [0, 0.1) is 13.5 Å². The van der Waals surface area contributed by atoms with Gasteiger partial charge in [0.05, 0.1) is 25.4 Å². The van der Waals surface area contributed by atoms with E-state index in [1.807, 2.05) is 27.7 Å². The zero-order chi connectivity index (χ0) is 33.9. The fourth-order valence-electron chi connectivity index (χ4n) is 4.65. The maximum absolute atomic E-state index is 13.7. The van der Waals surface area contributed by atoms with E-state index in [0.717, 1.165) is 0 Å². The monoisotopic (exact) mass is 676 g/mol. The Balaban J connectivity index is 2.71. The summed E-state index contributed by atoms with van der Waals surface area (Å²) < 4.78 is 59.3. The fraction of sp³-hybridized carbons (Fsp3) is 0.759. The van der Waals surface area contributed by atoms with Crippen molar-refractivity contribution in [2.45, 2.75) is 111 Å². The molecule has 1 aliphatic rings. The van der Waals surface area contributed by atoms with Gasteiger partial charge in [0.15, 0.2) is 6.23 Å². The molecular formula is C29H50N4O10P2. The minimum Gasteiger partial charge on any atom is -0.382 e. The number of rotatable bonds is 19. The predicted octanol–water partition coefficient (Wildman–Crippen LogP) is 5.00. The molecule has 0 spiro atoms. The second-order valence-corrected chi connectivity index (χ2v) is 14.8. The van der Waals surface area contributed by atoms with Crippen molar-refractivity contribution in [1.29, 1.82) is 0 Å². The van der Waals surface area contributed by atoms with E-state index in [1.165, 1.54) is 29.8 Å². The topological polar surface area (TPSA) is 144 Å². The summed E-state index contributed by atoms with van der Waals surface area (Å²) in [4.78, 5) is 31.0. The first-order valence-corrected chi connectivity index (χ1v) is 17.8. The summed E-state index contributed by atoms with van der Waals surface area (Å²) >= 11 is 0. The molecule has 0 saturated carbocycles. The molecule has 1 aromatic rings. The first kappa shape index (κ1) is 39.4. The minimum atomic E-state index is -3.74. The molecule has 16 heteroatoms. The van der Waals surface area contributed by atoms with E-state index in [-0.39, 0.29) is 38.4 Å². The molecule has 0 aliphatic carbocycles. The van der Waals surface area contributed by atoms with E-state index in [0.29, 0.717) is 5.56 Å². The molecule has 2 rings (SSSR count). The number of aromatic nitrogens is 2. The van der Waals surface area contributed by atoms with Crippen molar-refractivity contribution in [3.8, 4) is 0 Å². The second-order valence-electron chi connectivity index (χ2n) is 11.6. The Labute approximate surface area is 267 Å². The zero-order valence-corrected chi connectivity index (χ0v) is 29.8. The molecule has 0 bridgehead atoms. The summed E-state index contributed by atoms with van der Waals surface area (Å²) in [6.07, 6.45) is -1.67. The largest absolute Gasteiger partial charge is 0.382 e. The Kier molecular flexibility index (Phi) is 16.3. The van der Waals surface area contributed by atoms with Gasteiger partial charge in [-0.05, 0) is 68.4 Å². The van der Waals surface area contributed by atoms with Crippen LogP contribution in [-0.2, 0) is 36.9 Å². The average molecular weight is 677 g/mol. The van der Waals surface area contributed by atoms with Gasteiger partial charge in [0, 0.05) is 36.8 Å². The Morgan fingerprint density at radius 1 is 1.07 bits per heavy atom. The number of hydrogen-bond donors (Lipinski definition) is 1. The molecule has 0 amide bonds. The van der Waals surface area contributed by atoms with Crippen molar-refractivity contribution in [1.82, 2.24) is 14.2 Å². The molecule has 2 heterocycles. The third-order valence-electron chi connectivity index (χ3n) is 6.28. The fourth-order valence-corrected chi connectivity index (χ4v) is 8.14. The predicted molar refractivity (Wildman–Crippen MR) is 172 cm³/mol. The van der Waals surface area contributed by atoms with E-state index in [1.54, 1.807) is 34.6 Å². The molecule has 1 aromatic heterocycles. The maximum Gasteiger partial charge on any atom is 0.354 e. The summed E-state index contributed by atoms with van der Waals surface area (Å²) in [6.45, 7) is 24.5. The number of nitrogens with zero attached hydrogens (tertiary/aromatic N) is 3. The molecule has 5 atom stereocenters. The Morgan fingerprint density at radius 2 is 1.69 bits per heavy atom. The van der Waals surface area contributed by atoms with Crippen LogP contribution in [0.25, 0.3) is 4.85 Å². The van der Waals surface area contributed by atoms with E-state index in [2.05, 4.69) is 14.5 Å². The van der Waals surface area contributed by atoms with Crippen LogP contribution < -0.4 is 11.2 Å². The number of methoxy groups -OCH3 is 1. The van der Waals surface area contributed by atoms with Gasteiger partial charge in [-0.25, -0.2) is 16.0 Å². The zero-order valence-electron chi connectivity index (χ0n) is 28.0. The van der Waals surface area contributed by atoms with Gasteiger partial charge in [0.25, 0.3) is 14.1 Å². The van der Waals surface area contributed by atoms with Gasteiger partial charge < -0.3 is 37.2 Å². The molecule has 1 unspecified atom stereocenters. The SMILES string of the molecule is [C-]#[N+]CCOP(O[C@H]1[C@@H](OCCOC)[C@H](n2cc(C)c(=O)[nH]c2=O)O[C@@H]1/C=C/P(=O)(OC(C)C)OC(C)C)N(C(C)C)C(C)C. The third-order valence-corrected chi connectivity index (χ3v) is 10.4. The quantitative estimate of drug-likeness (QED) is 0.120. The minimum absolute atomic E-state index is 0.00703. The summed E-state index contributed by atoms with van der Waals surface area (Å²) in [7, 11) is -3.99. The van der Waals surface area contributed by atoms with Crippen molar-refractivity contribution in [2.24, 2.45) is 0 Å². The smallest absolute Gasteiger partial charge is 0.354 e. The van der Waals surface area contributed by atoms with E-state index in [4.69, 9.17) is 38.9 Å². The lowest BCUT2D eigenvalue weighted by Crippen LogP contribution is -2.42. The number of nitrogens with one attached hydrogen (secondary N) is 1. The third kappa shape index (κ3) is 11.8. The van der Waals surface area contributed by atoms with Crippen LogP contribution in [0.3, 0.4) is 0 Å². The number of aryl methyl sites for hydroxylation is 1. The van der Waals surface area contributed by atoms with Crippen molar-refractivity contribution in [3.05, 3.63) is 55.9 Å². The van der Waals surface area contributed by atoms with E-state index >= 15 is 0 Å². The van der Waals surface area contributed by atoms with Crippen LogP contribution in [0.1, 0.15) is 67.2 Å². The van der Waals surface area contributed by atoms with Gasteiger partial charge in [0.1, 0.15) is 24.9 Å². The normalized spacial score (nSPS) is 21.6. The van der Waals surface area contributed by atoms with Crippen molar-refractivity contribution < 1.29 is 36.9 Å². The van der Waals surface area contributed by atoms with Crippen LogP contribution in [0.4, 0.5) is 0 Å². The van der Waals surface area contributed by atoms with Gasteiger partial charge >= 0.3 is 13.3 Å². The Morgan fingerprint density at radius 3 is 2.22 bits per heavy atom. The highest BCUT2D eigenvalue weighted by molar-refractivity contribution is 7.57. The summed E-state index contributed by atoms with van der Waals surface area (Å²) in [5.74, 6) is 1.34. The molecule has 1 saturated heterocycles. The first-order valence-electron chi connectivity index (χ1n) is 15.1. The molecule has 0 aromatic carbocycles. The molecule has 14 nitrogen and oxygen atoms in total. The van der Waals surface area contributed by atoms with Crippen molar-refractivity contribution in [2.75, 3.05) is 33.5 Å². The van der Waals surface area contributed by atoms with E-state index < -0.39 is 64.1 Å². The summed E-state index contributed by atoms with van der Waals surface area (Å²) in [5, 5.41) is 0. The second kappa shape index (κ2) is 18.6. The highest BCUT2D eigenvalue weighted by Crippen LogP contribution is 2.54. The van der Waals surface area contributed by atoms with Gasteiger partial charge in [-0.1, -0.05) is 0 Å². The molecule has 1 aliphatic heterocycles. The van der Waals surface area contributed by atoms with Crippen LogP contribution in [-0.4, -0.2) is 90.3 Å². The lowest BCUT2D eigenvalue weighted by atomic mass is 10.1. The number of ether oxygens (including phenoxy) is 3. The summed E-state index contributed by atoms with van der Waals surface area (Å²) in [5.41, 5.74) is -0.923. The highest BCUT2D eigenvalue weighted by Gasteiger charge is 2.49. The van der Waals surface area contributed by atoms with Gasteiger partial charge in [-0.15, -0.1) is 0 Å². The molecule has 45 heavy (non-hydrogen) atoms.